The first kappa shape index (κ1) is 40.9. The second-order valence-corrected chi connectivity index (χ2v) is 11.6. The van der Waals surface area contributed by atoms with Crippen molar-refractivity contribution >= 4 is 11.9 Å². The normalized spacial score (nSPS) is 12.7. The first-order chi connectivity index (χ1) is 21.1. The highest BCUT2D eigenvalue weighted by atomic mass is 16.6. The van der Waals surface area contributed by atoms with Crippen molar-refractivity contribution in [3.63, 3.8) is 0 Å². The lowest BCUT2D eigenvalue weighted by Crippen LogP contribution is -2.28. The molecule has 0 saturated carbocycles. The smallest absolute Gasteiger partial charge is 0.306 e. The first-order valence-corrected chi connectivity index (χ1v) is 17.7. The van der Waals surface area contributed by atoms with Crippen LogP contribution in [0.2, 0.25) is 0 Å². The summed E-state index contributed by atoms with van der Waals surface area (Å²) >= 11 is 0. The SMILES string of the molecule is CCCCC/C=C\C/C=C\C/C=C\C/C=C\CCCC(=O)OC[C@H](CO)OC(=O)CCCCCCCCCCCCCC. The Kier molecular flexibility index (Phi) is 32.6. The largest absolute Gasteiger partial charge is 0.462 e. The van der Waals surface area contributed by atoms with Crippen LogP contribution in [0.25, 0.3) is 0 Å². The molecule has 0 aliphatic carbocycles. The molecule has 0 rings (SSSR count). The highest BCUT2D eigenvalue weighted by molar-refractivity contribution is 5.70. The molecule has 0 radical (unpaired) electrons. The van der Waals surface area contributed by atoms with Gasteiger partial charge in [-0.15, -0.1) is 0 Å². The van der Waals surface area contributed by atoms with Gasteiger partial charge in [0.25, 0.3) is 0 Å². The summed E-state index contributed by atoms with van der Waals surface area (Å²) in [6.45, 7) is 4.04. The number of carbonyl (C=O) groups excluding carboxylic acids is 2. The highest BCUT2D eigenvalue weighted by Gasteiger charge is 2.16. The molecule has 5 nitrogen and oxygen atoms in total. The Morgan fingerprint density at radius 3 is 1.47 bits per heavy atom. The van der Waals surface area contributed by atoms with Gasteiger partial charge in [0.1, 0.15) is 6.61 Å². The average molecular weight is 603 g/mol. The second-order valence-electron chi connectivity index (χ2n) is 11.6. The maximum atomic E-state index is 12.1. The molecule has 1 N–H and O–H groups in total. The van der Waals surface area contributed by atoms with Gasteiger partial charge in [-0.3, -0.25) is 9.59 Å². The third-order valence-corrected chi connectivity index (χ3v) is 7.38. The van der Waals surface area contributed by atoms with E-state index >= 15 is 0 Å². The Labute approximate surface area is 265 Å². The third kappa shape index (κ3) is 32.6. The average Bonchev–Trinajstić information content (AvgIpc) is 3.01. The van der Waals surface area contributed by atoms with Gasteiger partial charge in [-0.1, -0.05) is 146 Å². The van der Waals surface area contributed by atoms with Crippen molar-refractivity contribution in [1.29, 1.82) is 0 Å². The molecule has 0 amide bonds. The molecule has 0 aliphatic rings. The number of rotatable bonds is 31. The van der Waals surface area contributed by atoms with Gasteiger partial charge in [-0.2, -0.15) is 0 Å². The zero-order valence-electron chi connectivity index (χ0n) is 28.0. The number of unbranched alkanes of at least 4 members (excludes halogenated alkanes) is 15. The van der Waals surface area contributed by atoms with E-state index in [9.17, 15) is 14.7 Å². The van der Waals surface area contributed by atoms with Crippen molar-refractivity contribution in [3.8, 4) is 0 Å². The van der Waals surface area contributed by atoms with Gasteiger partial charge < -0.3 is 14.6 Å². The van der Waals surface area contributed by atoms with Crippen molar-refractivity contribution in [1.82, 2.24) is 0 Å². The van der Waals surface area contributed by atoms with E-state index < -0.39 is 6.10 Å². The lowest BCUT2D eigenvalue weighted by Gasteiger charge is -2.15. The second kappa shape index (κ2) is 34.4. The maximum absolute atomic E-state index is 12.1. The van der Waals surface area contributed by atoms with Crippen LogP contribution in [-0.4, -0.2) is 36.4 Å². The molecule has 248 valence electrons. The molecule has 0 saturated heterocycles. The molecule has 0 aliphatic heterocycles. The molecule has 0 aromatic rings. The zero-order chi connectivity index (χ0) is 31.5. The molecule has 0 bridgehead atoms. The standard InChI is InChI=1S/C38H66O5/c1-3-5-7-9-11-13-15-17-18-19-20-21-23-24-26-28-30-32-37(40)42-35-36(34-39)43-38(41)33-31-29-27-25-22-16-14-12-10-8-6-4-2/h11,13,17-18,20-21,24,26,36,39H,3-10,12,14-16,19,22-23,25,27-35H2,1-2H3/b13-11-,18-17-,21-20-,26-24-/t36-/m0/s1. The van der Waals surface area contributed by atoms with E-state index in [1.165, 1.54) is 83.5 Å². The Balaban J connectivity index is 3.69. The first-order valence-electron chi connectivity index (χ1n) is 17.7. The Bertz CT molecular complexity index is 737. The van der Waals surface area contributed by atoms with Crippen molar-refractivity contribution in [2.75, 3.05) is 13.2 Å². The highest BCUT2D eigenvalue weighted by Crippen LogP contribution is 2.13. The lowest BCUT2D eigenvalue weighted by molar-refractivity contribution is -0.161. The number of aliphatic hydroxyl groups excluding tert-OH is 1. The van der Waals surface area contributed by atoms with Crippen LogP contribution in [0.3, 0.4) is 0 Å². The van der Waals surface area contributed by atoms with Crippen LogP contribution in [0.15, 0.2) is 48.6 Å². The summed E-state index contributed by atoms with van der Waals surface area (Å²) in [4.78, 5) is 24.1. The summed E-state index contributed by atoms with van der Waals surface area (Å²) in [5, 5.41) is 9.50. The molecule has 43 heavy (non-hydrogen) atoms. The molecule has 1 atom stereocenters. The van der Waals surface area contributed by atoms with Crippen LogP contribution < -0.4 is 0 Å². The molecule has 0 spiro atoms. The Morgan fingerprint density at radius 2 is 0.953 bits per heavy atom. The zero-order valence-corrected chi connectivity index (χ0v) is 28.0. The van der Waals surface area contributed by atoms with Gasteiger partial charge in [0.15, 0.2) is 6.10 Å². The van der Waals surface area contributed by atoms with Crippen LogP contribution in [0, 0.1) is 0 Å². The maximum Gasteiger partial charge on any atom is 0.306 e. The fourth-order valence-corrected chi connectivity index (χ4v) is 4.66. The molecule has 0 fully saturated rings. The van der Waals surface area contributed by atoms with Gasteiger partial charge in [0.2, 0.25) is 0 Å². The topological polar surface area (TPSA) is 72.8 Å². The molecule has 0 heterocycles. The van der Waals surface area contributed by atoms with Gasteiger partial charge in [0, 0.05) is 12.8 Å². The number of ether oxygens (including phenoxy) is 2. The van der Waals surface area contributed by atoms with Crippen LogP contribution >= 0.6 is 0 Å². The van der Waals surface area contributed by atoms with Crippen LogP contribution in [0.5, 0.6) is 0 Å². The molecule has 0 unspecified atom stereocenters. The Hall–Kier alpha value is -2.14. The van der Waals surface area contributed by atoms with Crippen LogP contribution in [0.1, 0.15) is 162 Å². The Morgan fingerprint density at radius 1 is 0.535 bits per heavy atom. The molecule has 0 aromatic carbocycles. The predicted octanol–water partition coefficient (Wildman–Crippen LogP) is 10.7. The number of allylic oxidation sites excluding steroid dienone is 8. The lowest BCUT2D eigenvalue weighted by atomic mass is 10.0. The van der Waals surface area contributed by atoms with Crippen molar-refractivity contribution in [2.45, 2.75) is 168 Å². The summed E-state index contributed by atoms with van der Waals surface area (Å²) < 4.78 is 10.5. The minimum absolute atomic E-state index is 0.0934. The number of hydrogen-bond donors (Lipinski definition) is 1. The summed E-state index contributed by atoms with van der Waals surface area (Å²) in [6.07, 6.45) is 41.7. The van der Waals surface area contributed by atoms with E-state index in [4.69, 9.17) is 9.47 Å². The van der Waals surface area contributed by atoms with Crippen LogP contribution in [0.4, 0.5) is 0 Å². The number of hydrogen-bond acceptors (Lipinski definition) is 5. The fraction of sp³-hybridized carbons (Fsp3) is 0.737. The van der Waals surface area contributed by atoms with Crippen molar-refractivity contribution in [3.05, 3.63) is 48.6 Å². The van der Waals surface area contributed by atoms with Gasteiger partial charge in [-0.05, 0) is 51.4 Å². The van der Waals surface area contributed by atoms with E-state index in [0.29, 0.717) is 19.3 Å². The van der Waals surface area contributed by atoms with Crippen molar-refractivity contribution in [2.24, 2.45) is 0 Å². The van der Waals surface area contributed by atoms with Gasteiger partial charge in [0.05, 0.1) is 6.61 Å². The quantitative estimate of drug-likeness (QED) is 0.0485. The molecular formula is C38H66O5. The van der Waals surface area contributed by atoms with E-state index in [1.807, 2.05) is 0 Å². The number of carbonyl (C=O) groups is 2. The van der Waals surface area contributed by atoms with Gasteiger partial charge >= 0.3 is 11.9 Å². The molecule has 0 aromatic heterocycles. The van der Waals surface area contributed by atoms with E-state index in [2.05, 4.69) is 62.5 Å². The summed E-state index contributed by atoms with van der Waals surface area (Å²) in [5.74, 6) is -0.658. The monoisotopic (exact) mass is 602 g/mol. The minimum Gasteiger partial charge on any atom is -0.462 e. The van der Waals surface area contributed by atoms with E-state index in [0.717, 1.165) is 44.9 Å². The van der Waals surface area contributed by atoms with Gasteiger partial charge in [-0.25, -0.2) is 0 Å². The molecule has 5 heteroatoms. The van der Waals surface area contributed by atoms with Crippen molar-refractivity contribution < 1.29 is 24.2 Å². The summed E-state index contributed by atoms with van der Waals surface area (Å²) in [5.41, 5.74) is 0. The fourth-order valence-electron chi connectivity index (χ4n) is 4.66. The number of esters is 2. The third-order valence-electron chi connectivity index (χ3n) is 7.38. The molecular weight excluding hydrogens is 536 g/mol. The van der Waals surface area contributed by atoms with E-state index in [1.54, 1.807) is 0 Å². The summed E-state index contributed by atoms with van der Waals surface area (Å²) in [7, 11) is 0. The van der Waals surface area contributed by atoms with Crippen LogP contribution in [-0.2, 0) is 19.1 Å². The number of aliphatic hydroxyl groups is 1. The van der Waals surface area contributed by atoms with E-state index in [-0.39, 0.29) is 25.2 Å². The minimum atomic E-state index is -0.790. The summed E-state index contributed by atoms with van der Waals surface area (Å²) in [6, 6.07) is 0. The predicted molar refractivity (Wildman–Crippen MR) is 182 cm³/mol.